The lowest BCUT2D eigenvalue weighted by Gasteiger charge is -2.10. The van der Waals surface area contributed by atoms with Gasteiger partial charge >= 0.3 is 0 Å². The first-order valence-corrected chi connectivity index (χ1v) is 6.94. The molecule has 2 aromatic rings. The molecule has 0 fully saturated rings. The van der Waals surface area contributed by atoms with Gasteiger partial charge in [-0.3, -0.25) is 4.79 Å². The Balaban J connectivity index is 2.70. The van der Waals surface area contributed by atoms with Crippen LogP contribution >= 0.6 is 58.0 Å². The Kier molecular flexibility index (Phi) is 4.65. The number of halogens is 5. The van der Waals surface area contributed by atoms with Gasteiger partial charge in [0.25, 0.3) is 5.24 Å². The Morgan fingerprint density at radius 1 is 0.789 bits per heavy atom. The summed E-state index contributed by atoms with van der Waals surface area (Å²) >= 11 is 29.6. The summed E-state index contributed by atoms with van der Waals surface area (Å²) in [6.45, 7) is 0. The van der Waals surface area contributed by atoms with Crippen LogP contribution in [0.4, 0.5) is 0 Å². The van der Waals surface area contributed by atoms with Crippen molar-refractivity contribution in [2.24, 2.45) is 0 Å². The highest BCUT2D eigenvalue weighted by Crippen LogP contribution is 2.41. The smallest absolute Gasteiger partial charge is 0.253 e. The van der Waals surface area contributed by atoms with Gasteiger partial charge in [0.15, 0.2) is 0 Å². The molecule has 0 unspecified atom stereocenters. The number of rotatable bonds is 2. The first-order chi connectivity index (χ1) is 8.93. The van der Waals surface area contributed by atoms with E-state index in [4.69, 9.17) is 58.0 Å². The predicted molar refractivity (Wildman–Crippen MR) is 82.1 cm³/mol. The third-order valence-corrected chi connectivity index (χ3v) is 4.44. The van der Waals surface area contributed by atoms with Crippen molar-refractivity contribution in [3.8, 4) is 11.1 Å². The molecule has 0 aliphatic heterocycles. The Hall–Kier alpha value is -0.440. The largest absolute Gasteiger partial charge is 0.276 e. The van der Waals surface area contributed by atoms with E-state index in [0.29, 0.717) is 16.1 Å². The summed E-state index contributed by atoms with van der Waals surface area (Å²) in [5.74, 6) is 0. The Labute approximate surface area is 135 Å². The molecule has 1 nitrogen and oxygen atoms in total. The van der Waals surface area contributed by atoms with Crippen molar-refractivity contribution >= 4 is 63.2 Å². The SMILES string of the molecule is O=C(Cl)c1cccc(-c2ccc(Cl)c(Cl)c2Cl)c1Cl. The van der Waals surface area contributed by atoms with Crippen LogP contribution in [-0.4, -0.2) is 5.24 Å². The molecule has 0 N–H and O–H groups in total. The molecule has 0 saturated carbocycles. The zero-order valence-corrected chi connectivity index (χ0v) is 13.0. The van der Waals surface area contributed by atoms with Crippen LogP contribution in [-0.2, 0) is 0 Å². The van der Waals surface area contributed by atoms with E-state index in [1.54, 1.807) is 24.3 Å². The van der Waals surface area contributed by atoms with E-state index in [1.807, 2.05) is 0 Å². The number of hydrogen-bond donors (Lipinski definition) is 0. The number of benzene rings is 2. The van der Waals surface area contributed by atoms with Gasteiger partial charge in [-0.25, -0.2) is 0 Å². The predicted octanol–water partition coefficient (Wildman–Crippen LogP) is 6.35. The van der Waals surface area contributed by atoms with E-state index in [1.165, 1.54) is 6.07 Å². The maximum absolute atomic E-state index is 11.3. The number of carbonyl (C=O) groups excluding carboxylic acids is 1. The molecular weight excluding hydrogens is 349 g/mol. The van der Waals surface area contributed by atoms with Crippen molar-refractivity contribution in [3.05, 3.63) is 56.0 Å². The zero-order chi connectivity index (χ0) is 14.2. The normalized spacial score (nSPS) is 10.6. The molecule has 19 heavy (non-hydrogen) atoms. The summed E-state index contributed by atoms with van der Waals surface area (Å²) in [5, 5.41) is 0.441. The van der Waals surface area contributed by atoms with Gasteiger partial charge in [0, 0.05) is 11.1 Å². The zero-order valence-electron chi connectivity index (χ0n) is 9.18. The molecule has 0 aliphatic carbocycles. The van der Waals surface area contributed by atoms with Crippen LogP contribution in [0.2, 0.25) is 20.1 Å². The van der Waals surface area contributed by atoms with E-state index < -0.39 is 5.24 Å². The first-order valence-electron chi connectivity index (χ1n) is 5.05. The number of carbonyl (C=O) groups is 1. The quantitative estimate of drug-likeness (QED) is 0.454. The summed E-state index contributed by atoms with van der Waals surface area (Å²) < 4.78 is 0. The van der Waals surface area contributed by atoms with Crippen molar-refractivity contribution in [2.45, 2.75) is 0 Å². The molecule has 0 aromatic heterocycles. The molecule has 0 radical (unpaired) electrons. The number of hydrogen-bond acceptors (Lipinski definition) is 1. The second kappa shape index (κ2) is 5.90. The Morgan fingerprint density at radius 3 is 2.05 bits per heavy atom. The molecular formula is C13H5Cl5O. The molecule has 2 rings (SSSR count). The topological polar surface area (TPSA) is 17.1 Å². The van der Waals surface area contributed by atoms with Crippen LogP contribution in [0.5, 0.6) is 0 Å². The van der Waals surface area contributed by atoms with Crippen molar-refractivity contribution in [3.63, 3.8) is 0 Å². The molecule has 0 atom stereocenters. The Morgan fingerprint density at radius 2 is 1.42 bits per heavy atom. The minimum atomic E-state index is -0.636. The van der Waals surface area contributed by atoms with E-state index in [9.17, 15) is 4.79 Å². The van der Waals surface area contributed by atoms with Gasteiger partial charge in [-0.05, 0) is 23.7 Å². The van der Waals surface area contributed by atoms with E-state index in [0.717, 1.165) is 0 Å². The molecule has 0 spiro atoms. The minimum absolute atomic E-state index is 0.211. The summed E-state index contributed by atoms with van der Waals surface area (Å²) in [5.41, 5.74) is 1.36. The molecule has 0 aliphatic rings. The molecule has 6 heteroatoms. The van der Waals surface area contributed by atoms with Gasteiger partial charge in [0.2, 0.25) is 0 Å². The van der Waals surface area contributed by atoms with Gasteiger partial charge in [0.1, 0.15) is 0 Å². The van der Waals surface area contributed by atoms with Crippen molar-refractivity contribution in [2.75, 3.05) is 0 Å². The molecule has 0 amide bonds. The summed E-state index contributed by atoms with van der Waals surface area (Å²) in [4.78, 5) is 11.3. The van der Waals surface area contributed by atoms with Crippen LogP contribution in [0, 0.1) is 0 Å². The summed E-state index contributed by atoms with van der Waals surface area (Å²) in [6.07, 6.45) is 0. The maximum Gasteiger partial charge on any atom is 0.253 e. The van der Waals surface area contributed by atoms with Gasteiger partial charge in [0.05, 0.1) is 25.7 Å². The highest BCUT2D eigenvalue weighted by molar-refractivity contribution is 6.69. The molecule has 0 bridgehead atoms. The monoisotopic (exact) mass is 352 g/mol. The van der Waals surface area contributed by atoms with Gasteiger partial charge in [-0.1, -0.05) is 64.6 Å². The third-order valence-electron chi connectivity index (χ3n) is 2.54. The van der Waals surface area contributed by atoms with E-state index in [-0.39, 0.29) is 20.6 Å². The molecule has 98 valence electrons. The van der Waals surface area contributed by atoms with Crippen molar-refractivity contribution in [1.29, 1.82) is 0 Å². The maximum atomic E-state index is 11.3. The highest BCUT2D eigenvalue weighted by Gasteiger charge is 2.16. The second-order valence-electron chi connectivity index (χ2n) is 3.66. The van der Waals surface area contributed by atoms with Gasteiger partial charge < -0.3 is 0 Å². The standard InChI is InChI=1S/C13H5Cl5O/c14-9-5-4-7(11(16)12(9)17)6-2-1-3-8(10(6)15)13(18)19/h1-5H. The summed E-state index contributed by atoms with van der Waals surface area (Å²) in [6, 6.07) is 8.20. The van der Waals surface area contributed by atoms with Gasteiger partial charge in [-0.15, -0.1) is 0 Å². The van der Waals surface area contributed by atoms with Crippen LogP contribution < -0.4 is 0 Å². The third kappa shape index (κ3) is 2.86. The minimum Gasteiger partial charge on any atom is -0.276 e. The highest BCUT2D eigenvalue weighted by atomic mass is 35.5. The fourth-order valence-electron chi connectivity index (χ4n) is 1.63. The fourth-order valence-corrected chi connectivity index (χ4v) is 2.78. The molecule has 0 heterocycles. The second-order valence-corrected chi connectivity index (χ2v) is 5.55. The average Bonchev–Trinajstić information content (AvgIpc) is 2.37. The van der Waals surface area contributed by atoms with Crippen molar-refractivity contribution in [1.82, 2.24) is 0 Å². The fraction of sp³-hybridized carbons (Fsp3) is 0. The van der Waals surface area contributed by atoms with Gasteiger partial charge in [-0.2, -0.15) is 0 Å². The lowest BCUT2D eigenvalue weighted by molar-refractivity contribution is 0.108. The lowest BCUT2D eigenvalue weighted by Crippen LogP contribution is -1.93. The molecule has 0 saturated heterocycles. The van der Waals surface area contributed by atoms with Crippen LogP contribution in [0.15, 0.2) is 30.3 Å². The van der Waals surface area contributed by atoms with Crippen LogP contribution in [0.25, 0.3) is 11.1 Å². The summed E-state index contributed by atoms with van der Waals surface area (Å²) in [7, 11) is 0. The average molecular weight is 354 g/mol. The first kappa shape index (κ1) is 15.0. The van der Waals surface area contributed by atoms with Crippen LogP contribution in [0.3, 0.4) is 0 Å². The van der Waals surface area contributed by atoms with Crippen molar-refractivity contribution < 1.29 is 4.79 Å². The van der Waals surface area contributed by atoms with E-state index >= 15 is 0 Å². The Bertz CT molecular complexity index is 666. The molecule has 2 aromatic carbocycles. The van der Waals surface area contributed by atoms with E-state index in [2.05, 4.69) is 0 Å². The lowest BCUT2D eigenvalue weighted by atomic mass is 10.0. The van der Waals surface area contributed by atoms with Crippen LogP contribution in [0.1, 0.15) is 10.4 Å².